The molecule has 1 aromatic heterocycles. The molecule has 0 atom stereocenters. The highest BCUT2D eigenvalue weighted by Crippen LogP contribution is 2.06. The summed E-state index contributed by atoms with van der Waals surface area (Å²) in [6.45, 7) is -0.259. The maximum absolute atomic E-state index is 11.1. The Labute approximate surface area is 70.4 Å². The summed E-state index contributed by atoms with van der Waals surface area (Å²) in [6.07, 6.45) is 1.46. The van der Waals surface area contributed by atoms with Crippen LogP contribution in [0.1, 0.15) is 16.2 Å². The number of hydrogen-bond acceptors (Lipinski definition) is 4. The highest BCUT2D eigenvalue weighted by atomic mass is 16.5. The van der Waals surface area contributed by atoms with Gasteiger partial charge in [0.2, 0.25) is 7.98 Å². The maximum atomic E-state index is 11.1. The number of rotatable bonds is 2. The number of methoxy groups -OCH3 is 1. The Hall–Kier alpha value is -1.30. The van der Waals surface area contributed by atoms with Crippen LogP contribution in [0.2, 0.25) is 0 Å². The Bertz CT molecular complexity index is 297. The van der Waals surface area contributed by atoms with Gasteiger partial charge in [0.15, 0.2) is 0 Å². The molecule has 5 nitrogen and oxygen atoms in total. The monoisotopic (exact) mass is 168 g/mol. The fourth-order valence-corrected chi connectivity index (χ4v) is 0.953. The van der Waals surface area contributed by atoms with Gasteiger partial charge >= 0.3 is 5.97 Å². The van der Waals surface area contributed by atoms with Gasteiger partial charge in [-0.3, -0.25) is 0 Å². The number of esters is 1. The smallest absolute Gasteiger partial charge is 0.355 e. The van der Waals surface area contributed by atoms with E-state index < -0.39 is 5.97 Å². The Morgan fingerprint density at radius 3 is 3.08 bits per heavy atom. The van der Waals surface area contributed by atoms with Crippen molar-refractivity contribution in [2.24, 2.45) is 0 Å². The molecule has 0 aromatic carbocycles. The van der Waals surface area contributed by atoms with Gasteiger partial charge in [-0.1, -0.05) is 0 Å². The van der Waals surface area contributed by atoms with Crippen LogP contribution in [0, 0.1) is 0 Å². The minimum Gasteiger partial charge on any atom is -0.464 e. The molecular weight excluding hydrogens is 159 g/mol. The van der Waals surface area contributed by atoms with E-state index in [4.69, 9.17) is 5.11 Å². The van der Waals surface area contributed by atoms with Gasteiger partial charge in [0.25, 0.3) is 0 Å². The largest absolute Gasteiger partial charge is 0.464 e. The predicted molar refractivity (Wildman–Crippen MR) is 43.4 cm³/mol. The standard InChI is InChI=1S/C6H9BN2O3/c1-12-6(11)5-4(2-10)8-3-9(5)7/h3,10H,2,7H2,1H3. The molecule has 0 spiro atoms. The number of imidazole rings is 1. The van der Waals surface area contributed by atoms with Crippen molar-refractivity contribution >= 4 is 14.0 Å². The Balaban J connectivity index is 3.10. The lowest BCUT2D eigenvalue weighted by atomic mass is 10.3. The van der Waals surface area contributed by atoms with E-state index in [0.29, 0.717) is 11.4 Å². The number of ether oxygens (including phenoxy) is 1. The molecule has 12 heavy (non-hydrogen) atoms. The quantitative estimate of drug-likeness (QED) is 0.433. The third-order valence-electron chi connectivity index (χ3n) is 1.54. The third kappa shape index (κ3) is 1.33. The highest BCUT2D eigenvalue weighted by molar-refractivity contribution is 6.10. The molecule has 0 aliphatic carbocycles. The second-order valence-electron chi connectivity index (χ2n) is 2.30. The minimum atomic E-state index is -0.487. The molecular formula is C6H9BN2O3. The molecule has 64 valence electrons. The summed E-state index contributed by atoms with van der Waals surface area (Å²) >= 11 is 0. The molecule has 1 heterocycles. The lowest BCUT2D eigenvalue weighted by Crippen LogP contribution is -2.11. The second-order valence-corrected chi connectivity index (χ2v) is 2.30. The van der Waals surface area contributed by atoms with E-state index in [9.17, 15) is 4.79 Å². The predicted octanol–water partition coefficient (Wildman–Crippen LogP) is -1.44. The van der Waals surface area contributed by atoms with E-state index in [2.05, 4.69) is 9.72 Å². The number of hydrogen-bond donors (Lipinski definition) is 1. The van der Waals surface area contributed by atoms with E-state index in [1.807, 2.05) is 0 Å². The van der Waals surface area contributed by atoms with Gasteiger partial charge in [-0.2, -0.15) is 0 Å². The van der Waals surface area contributed by atoms with Crippen molar-refractivity contribution in [1.29, 1.82) is 0 Å². The molecule has 0 radical (unpaired) electrons. The van der Waals surface area contributed by atoms with Crippen LogP contribution in [0.4, 0.5) is 0 Å². The fraction of sp³-hybridized carbons (Fsp3) is 0.333. The zero-order chi connectivity index (χ0) is 9.14. The summed E-state index contributed by atoms with van der Waals surface area (Å²) in [5, 5.41) is 8.79. The van der Waals surface area contributed by atoms with Crippen LogP contribution in [0.3, 0.4) is 0 Å². The molecule has 1 aromatic rings. The molecule has 0 aliphatic rings. The highest BCUT2D eigenvalue weighted by Gasteiger charge is 2.15. The lowest BCUT2D eigenvalue weighted by Gasteiger charge is -2.01. The van der Waals surface area contributed by atoms with Gasteiger partial charge in [0.05, 0.1) is 25.7 Å². The Morgan fingerprint density at radius 2 is 2.58 bits per heavy atom. The lowest BCUT2D eigenvalue weighted by molar-refractivity contribution is 0.0589. The number of nitrogens with zero attached hydrogens (tertiary/aromatic N) is 2. The van der Waals surface area contributed by atoms with Crippen LogP contribution in [0.25, 0.3) is 0 Å². The van der Waals surface area contributed by atoms with Gasteiger partial charge in [-0.05, 0) is 0 Å². The van der Waals surface area contributed by atoms with Crippen molar-refractivity contribution in [3.63, 3.8) is 0 Å². The van der Waals surface area contributed by atoms with Gasteiger partial charge < -0.3 is 14.3 Å². The van der Waals surface area contributed by atoms with Crippen molar-refractivity contribution in [2.45, 2.75) is 6.61 Å². The van der Waals surface area contributed by atoms with Crippen LogP contribution < -0.4 is 0 Å². The summed E-state index contributed by atoms with van der Waals surface area (Å²) in [6, 6.07) is 0. The first kappa shape index (κ1) is 8.80. The molecule has 0 saturated carbocycles. The zero-order valence-electron chi connectivity index (χ0n) is 6.94. The number of aliphatic hydroxyl groups excluding tert-OH is 1. The molecule has 0 unspecified atom stereocenters. The number of carbonyl (C=O) groups is 1. The van der Waals surface area contributed by atoms with Crippen LogP contribution >= 0.6 is 0 Å². The van der Waals surface area contributed by atoms with E-state index in [-0.39, 0.29) is 6.61 Å². The minimum absolute atomic E-state index is 0.259. The SMILES string of the molecule is Bn1cnc(CO)c1C(=O)OC. The summed E-state index contributed by atoms with van der Waals surface area (Å²) in [5.74, 6) is -0.487. The molecule has 1 rings (SSSR count). The topological polar surface area (TPSA) is 64.3 Å². The first-order valence-corrected chi connectivity index (χ1v) is 3.40. The van der Waals surface area contributed by atoms with Crippen molar-refractivity contribution in [2.75, 3.05) is 7.11 Å². The number of carbonyl (C=O) groups excluding carboxylic acids is 1. The van der Waals surface area contributed by atoms with Crippen molar-refractivity contribution in [3.8, 4) is 0 Å². The second kappa shape index (κ2) is 3.40. The van der Waals surface area contributed by atoms with E-state index in [0.717, 1.165) is 0 Å². The average molecular weight is 168 g/mol. The van der Waals surface area contributed by atoms with Gasteiger partial charge in [-0.25, -0.2) is 9.78 Å². The summed E-state index contributed by atoms with van der Waals surface area (Å²) in [7, 11) is 2.95. The van der Waals surface area contributed by atoms with Crippen molar-refractivity contribution in [1.82, 2.24) is 9.46 Å². The molecule has 0 saturated heterocycles. The van der Waals surface area contributed by atoms with Crippen LogP contribution in [0.15, 0.2) is 6.33 Å². The Kier molecular flexibility index (Phi) is 2.49. The molecule has 1 N–H and O–H groups in total. The van der Waals surface area contributed by atoms with Gasteiger partial charge in [0.1, 0.15) is 5.69 Å². The first-order chi connectivity index (χ1) is 5.70. The van der Waals surface area contributed by atoms with Crippen molar-refractivity contribution in [3.05, 3.63) is 17.7 Å². The summed E-state index contributed by atoms with van der Waals surface area (Å²) in [5.41, 5.74) is 0.629. The number of aromatic nitrogens is 2. The van der Waals surface area contributed by atoms with Crippen LogP contribution in [-0.2, 0) is 11.3 Å². The molecule has 0 bridgehead atoms. The average Bonchev–Trinajstić information content (AvgIpc) is 2.45. The normalized spacial score (nSPS) is 9.83. The van der Waals surface area contributed by atoms with E-state index in [1.165, 1.54) is 17.9 Å². The maximum Gasteiger partial charge on any atom is 0.355 e. The van der Waals surface area contributed by atoms with Gasteiger partial charge in [0, 0.05) is 0 Å². The van der Waals surface area contributed by atoms with Crippen molar-refractivity contribution < 1.29 is 14.6 Å². The van der Waals surface area contributed by atoms with Crippen LogP contribution in [0.5, 0.6) is 0 Å². The number of aliphatic hydroxyl groups is 1. The fourth-order valence-electron chi connectivity index (χ4n) is 0.953. The molecule has 6 heteroatoms. The van der Waals surface area contributed by atoms with E-state index >= 15 is 0 Å². The zero-order valence-corrected chi connectivity index (χ0v) is 6.94. The summed E-state index contributed by atoms with van der Waals surface area (Å²) in [4.78, 5) is 14.9. The molecule has 0 fully saturated rings. The summed E-state index contributed by atoms with van der Waals surface area (Å²) < 4.78 is 6.02. The van der Waals surface area contributed by atoms with Gasteiger partial charge in [-0.15, -0.1) is 0 Å². The van der Waals surface area contributed by atoms with Crippen LogP contribution in [-0.4, -0.2) is 35.6 Å². The third-order valence-corrected chi connectivity index (χ3v) is 1.54. The molecule has 0 amide bonds. The first-order valence-electron chi connectivity index (χ1n) is 3.40. The van der Waals surface area contributed by atoms with E-state index in [1.54, 1.807) is 7.98 Å². The Morgan fingerprint density at radius 1 is 1.92 bits per heavy atom. The molecule has 0 aliphatic heterocycles.